The van der Waals surface area contributed by atoms with Gasteiger partial charge in [-0.1, -0.05) is 6.92 Å². The van der Waals surface area contributed by atoms with Crippen LogP contribution in [-0.4, -0.2) is 33.2 Å². The van der Waals surface area contributed by atoms with Gasteiger partial charge in [0.2, 0.25) is 0 Å². The van der Waals surface area contributed by atoms with Crippen molar-refractivity contribution in [1.82, 2.24) is 0 Å². The Morgan fingerprint density at radius 3 is 2.19 bits per heavy atom. The molecule has 0 bridgehead atoms. The zero-order valence-electron chi connectivity index (χ0n) is 15.1. The van der Waals surface area contributed by atoms with E-state index >= 15 is 0 Å². The molecule has 0 radical (unpaired) electrons. The average Bonchev–Trinajstić information content (AvgIpc) is 2.67. The molecule has 26 heavy (non-hydrogen) atoms. The van der Waals surface area contributed by atoms with Crippen molar-refractivity contribution in [2.24, 2.45) is 0 Å². The van der Waals surface area contributed by atoms with Crippen LogP contribution in [0.3, 0.4) is 0 Å². The highest BCUT2D eigenvalue weighted by Gasteiger charge is 2.15. The maximum Gasteiger partial charge on any atom is 0.311 e. The predicted molar refractivity (Wildman–Crippen MR) is 96.4 cm³/mol. The molecule has 2 aromatic carbocycles. The third kappa shape index (κ3) is 4.44. The van der Waals surface area contributed by atoms with E-state index in [2.05, 4.69) is 5.32 Å². The van der Waals surface area contributed by atoms with Gasteiger partial charge in [0.1, 0.15) is 11.5 Å². The van der Waals surface area contributed by atoms with Crippen LogP contribution in [0, 0.1) is 0 Å². The molecule has 0 saturated heterocycles. The minimum atomic E-state index is -0.387. The standard InChI is InChI=1S/C19H21NO6/c1-5-18(21)26-16-8-6-12(10-17(16)25-4)19(22)20-14-11-13(23-2)7-9-15(14)24-3/h6-11H,5H2,1-4H3,(H,20,22). The monoisotopic (exact) mass is 359 g/mol. The number of carbonyl (C=O) groups excluding carboxylic acids is 2. The molecular formula is C19H21NO6. The highest BCUT2D eigenvalue weighted by Crippen LogP contribution is 2.31. The average molecular weight is 359 g/mol. The molecule has 2 rings (SSSR count). The maximum atomic E-state index is 12.6. The summed E-state index contributed by atoms with van der Waals surface area (Å²) < 4.78 is 20.8. The molecule has 0 fully saturated rings. The van der Waals surface area contributed by atoms with E-state index in [4.69, 9.17) is 18.9 Å². The molecule has 138 valence electrons. The van der Waals surface area contributed by atoms with Crippen molar-refractivity contribution in [2.45, 2.75) is 13.3 Å². The number of anilines is 1. The normalized spacial score (nSPS) is 10.0. The molecule has 1 N–H and O–H groups in total. The lowest BCUT2D eigenvalue weighted by Gasteiger charge is -2.13. The molecule has 2 aromatic rings. The fourth-order valence-corrected chi connectivity index (χ4v) is 2.19. The molecule has 0 atom stereocenters. The maximum absolute atomic E-state index is 12.6. The Labute approximate surface area is 151 Å². The van der Waals surface area contributed by atoms with E-state index in [0.717, 1.165) is 0 Å². The summed E-state index contributed by atoms with van der Waals surface area (Å²) in [6.45, 7) is 1.69. The summed E-state index contributed by atoms with van der Waals surface area (Å²) in [7, 11) is 4.48. The third-order valence-electron chi connectivity index (χ3n) is 3.59. The number of ether oxygens (including phenoxy) is 4. The van der Waals surface area contributed by atoms with Gasteiger partial charge in [0.05, 0.1) is 27.0 Å². The van der Waals surface area contributed by atoms with Crippen LogP contribution in [0.4, 0.5) is 5.69 Å². The minimum Gasteiger partial charge on any atom is -0.497 e. The van der Waals surface area contributed by atoms with Crippen molar-refractivity contribution in [3.8, 4) is 23.0 Å². The first kappa shape index (κ1) is 19.1. The summed E-state index contributed by atoms with van der Waals surface area (Å²) in [5.41, 5.74) is 0.806. The molecule has 0 aromatic heterocycles. The lowest BCUT2D eigenvalue weighted by atomic mass is 10.1. The summed E-state index contributed by atoms with van der Waals surface area (Å²) in [5, 5.41) is 2.77. The second-order valence-corrected chi connectivity index (χ2v) is 5.21. The van der Waals surface area contributed by atoms with E-state index < -0.39 is 0 Å². The van der Waals surface area contributed by atoms with Crippen LogP contribution in [0.5, 0.6) is 23.0 Å². The van der Waals surface area contributed by atoms with Crippen LogP contribution in [0.15, 0.2) is 36.4 Å². The molecule has 0 aliphatic carbocycles. The van der Waals surface area contributed by atoms with Crippen molar-refractivity contribution < 1.29 is 28.5 Å². The molecule has 0 aliphatic heterocycles. The van der Waals surface area contributed by atoms with Crippen LogP contribution < -0.4 is 24.3 Å². The number of amides is 1. The number of esters is 1. The lowest BCUT2D eigenvalue weighted by molar-refractivity contribution is -0.134. The molecule has 7 heteroatoms. The number of carbonyl (C=O) groups is 2. The molecule has 0 unspecified atom stereocenters. The molecule has 0 saturated carbocycles. The Morgan fingerprint density at radius 1 is 0.885 bits per heavy atom. The first-order chi connectivity index (χ1) is 12.5. The van der Waals surface area contributed by atoms with Crippen LogP contribution >= 0.6 is 0 Å². The van der Waals surface area contributed by atoms with Crippen molar-refractivity contribution in [3.05, 3.63) is 42.0 Å². The van der Waals surface area contributed by atoms with Crippen molar-refractivity contribution in [3.63, 3.8) is 0 Å². The predicted octanol–water partition coefficient (Wildman–Crippen LogP) is 3.28. The Bertz CT molecular complexity index is 803. The Hall–Kier alpha value is -3.22. The zero-order valence-corrected chi connectivity index (χ0v) is 15.1. The molecule has 7 nitrogen and oxygen atoms in total. The highest BCUT2D eigenvalue weighted by atomic mass is 16.6. The third-order valence-corrected chi connectivity index (χ3v) is 3.59. The number of hydrogen-bond acceptors (Lipinski definition) is 6. The molecule has 1 amide bonds. The van der Waals surface area contributed by atoms with Gasteiger partial charge in [0, 0.05) is 18.1 Å². The van der Waals surface area contributed by atoms with Crippen molar-refractivity contribution in [2.75, 3.05) is 26.6 Å². The van der Waals surface area contributed by atoms with Gasteiger partial charge in [-0.05, 0) is 30.3 Å². The SMILES string of the molecule is CCC(=O)Oc1ccc(C(=O)Nc2cc(OC)ccc2OC)cc1OC. The number of nitrogens with one attached hydrogen (secondary N) is 1. The van der Waals surface area contributed by atoms with E-state index in [0.29, 0.717) is 22.7 Å². The minimum absolute atomic E-state index is 0.237. The largest absolute Gasteiger partial charge is 0.497 e. The van der Waals surface area contributed by atoms with Gasteiger partial charge in [-0.15, -0.1) is 0 Å². The molecular weight excluding hydrogens is 338 g/mol. The molecule has 0 aliphatic rings. The van der Waals surface area contributed by atoms with Gasteiger partial charge in [-0.2, -0.15) is 0 Å². The van der Waals surface area contributed by atoms with Gasteiger partial charge in [-0.25, -0.2) is 0 Å². The second kappa shape index (κ2) is 8.75. The quantitative estimate of drug-likeness (QED) is 0.603. The first-order valence-corrected chi connectivity index (χ1v) is 7.94. The van der Waals surface area contributed by atoms with E-state index in [-0.39, 0.29) is 29.8 Å². The topological polar surface area (TPSA) is 83.1 Å². The highest BCUT2D eigenvalue weighted by molar-refractivity contribution is 6.05. The van der Waals surface area contributed by atoms with E-state index in [1.54, 1.807) is 31.2 Å². The van der Waals surface area contributed by atoms with Gasteiger partial charge < -0.3 is 24.3 Å². The summed E-state index contributed by atoms with van der Waals surface area (Å²) in [5.74, 6) is 0.872. The fourth-order valence-electron chi connectivity index (χ4n) is 2.19. The number of benzene rings is 2. The van der Waals surface area contributed by atoms with E-state index in [1.165, 1.54) is 33.5 Å². The van der Waals surface area contributed by atoms with Gasteiger partial charge in [-0.3, -0.25) is 9.59 Å². The van der Waals surface area contributed by atoms with Crippen molar-refractivity contribution in [1.29, 1.82) is 0 Å². The van der Waals surface area contributed by atoms with Gasteiger partial charge in [0.15, 0.2) is 11.5 Å². The van der Waals surface area contributed by atoms with Crippen LogP contribution in [0.1, 0.15) is 23.7 Å². The Kier molecular flexibility index (Phi) is 6.43. The van der Waals surface area contributed by atoms with Crippen LogP contribution in [-0.2, 0) is 4.79 Å². The summed E-state index contributed by atoms with van der Waals surface area (Å²) >= 11 is 0. The van der Waals surface area contributed by atoms with E-state index in [1.807, 2.05) is 0 Å². The van der Waals surface area contributed by atoms with Gasteiger partial charge >= 0.3 is 5.97 Å². The Morgan fingerprint density at radius 2 is 1.58 bits per heavy atom. The second-order valence-electron chi connectivity index (χ2n) is 5.21. The number of hydrogen-bond donors (Lipinski definition) is 1. The molecule has 0 spiro atoms. The van der Waals surface area contributed by atoms with E-state index in [9.17, 15) is 9.59 Å². The lowest BCUT2D eigenvalue weighted by Crippen LogP contribution is -2.13. The summed E-state index contributed by atoms with van der Waals surface area (Å²) in [6, 6.07) is 9.65. The van der Waals surface area contributed by atoms with Crippen LogP contribution in [0.2, 0.25) is 0 Å². The number of methoxy groups -OCH3 is 3. The summed E-state index contributed by atoms with van der Waals surface area (Å²) in [6.07, 6.45) is 0.237. The fraction of sp³-hybridized carbons (Fsp3) is 0.263. The zero-order chi connectivity index (χ0) is 19.1. The van der Waals surface area contributed by atoms with Crippen LogP contribution in [0.25, 0.3) is 0 Å². The van der Waals surface area contributed by atoms with Gasteiger partial charge in [0.25, 0.3) is 5.91 Å². The Balaban J connectivity index is 2.26. The first-order valence-electron chi connectivity index (χ1n) is 7.94. The summed E-state index contributed by atoms with van der Waals surface area (Å²) in [4.78, 5) is 24.0. The van der Waals surface area contributed by atoms with Crippen molar-refractivity contribution >= 4 is 17.6 Å². The number of rotatable bonds is 7. The molecule has 0 heterocycles. The smallest absolute Gasteiger partial charge is 0.311 e.